The van der Waals surface area contributed by atoms with Crippen LogP contribution >= 0.6 is 0 Å². The monoisotopic (exact) mass is 329 g/mol. The Morgan fingerprint density at radius 2 is 1.40 bits per heavy atom. The first-order valence-electron chi connectivity index (χ1n) is 8.44. The van der Waals surface area contributed by atoms with E-state index in [0.717, 1.165) is 5.56 Å². The third-order valence-electron chi connectivity index (χ3n) is 4.81. The summed E-state index contributed by atoms with van der Waals surface area (Å²) in [6.07, 6.45) is 0.690. The third-order valence-corrected chi connectivity index (χ3v) is 4.81. The maximum atomic E-state index is 13.0. The van der Waals surface area contributed by atoms with Crippen LogP contribution in [0.25, 0.3) is 0 Å². The Morgan fingerprint density at radius 3 is 2.12 bits per heavy atom. The molecule has 0 bridgehead atoms. The van der Waals surface area contributed by atoms with Crippen molar-refractivity contribution in [3.8, 4) is 0 Å². The lowest BCUT2D eigenvalue weighted by molar-refractivity contribution is -0.0493. The zero-order chi connectivity index (χ0) is 17.3. The maximum absolute atomic E-state index is 13.0. The topological polar surface area (TPSA) is 40.5 Å². The fourth-order valence-corrected chi connectivity index (χ4v) is 3.54. The zero-order valence-corrected chi connectivity index (χ0v) is 13.8. The van der Waals surface area contributed by atoms with Crippen molar-refractivity contribution in [2.24, 2.45) is 0 Å². The van der Waals surface area contributed by atoms with E-state index in [9.17, 15) is 9.90 Å². The van der Waals surface area contributed by atoms with Crippen LogP contribution in [-0.4, -0.2) is 22.5 Å². The molecule has 3 aromatic carbocycles. The summed E-state index contributed by atoms with van der Waals surface area (Å²) in [6, 6.07) is 26.7. The second-order valence-electron chi connectivity index (χ2n) is 6.28. The Kier molecular flexibility index (Phi) is 3.86. The van der Waals surface area contributed by atoms with Crippen molar-refractivity contribution in [3.05, 3.63) is 107 Å². The molecule has 0 radical (unpaired) electrons. The highest BCUT2D eigenvalue weighted by molar-refractivity contribution is 6.00. The van der Waals surface area contributed by atoms with Crippen molar-refractivity contribution in [1.29, 1.82) is 0 Å². The summed E-state index contributed by atoms with van der Waals surface area (Å²) in [5.41, 5.74) is 1.65. The van der Waals surface area contributed by atoms with Crippen molar-refractivity contribution in [1.82, 2.24) is 4.90 Å². The summed E-state index contributed by atoms with van der Waals surface area (Å²) in [5.74, 6) is -0.127. The van der Waals surface area contributed by atoms with Crippen LogP contribution in [0, 0.1) is 0 Å². The van der Waals surface area contributed by atoms with Crippen LogP contribution in [0.4, 0.5) is 0 Å². The molecule has 1 amide bonds. The first kappa shape index (κ1) is 15.6. The van der Waals surface area contributed by atoms with Crippen LogP contribution in [0.15, 0.2) is 84.9 Å². The number of aliphatic hydroxyl groups is 1. The van der Waals surface area contributed by atoms with E-state index < -0.39 is 5.72 Å². The molecule has 0 fully saturated rings. The number of benzene rings is 3. The number of hydrogen-bond acceptors (Lipinski definition) is 2. The molecule has 1 aliphatic heterocycles. The lowest BCUT2D eigenvalue weighted by Crippen LogP contribution is -2.45. The first-order valence-corrected chi connectivity index (χ1v) is 8.44. The van der Waals surface area contributed by atoms with Gasteiger partial charge in [0, 0.05) is 23.2 Å². The van der Waals surface area contributed by atoms with Crippen LogP contribution in [-0.2, 0) is 12.1 Å². The molecule has 0 unspecified atom stereocenters. The molecule has 25 heavy (non-hydrogen) atoms. The van der Waals surface area contributed by atoms with Gasteiger partial charge in [0.25, 0.3) is 5.91 Å². The standard InChI is InChI=1S/C22H19NO2/c24-21-19-13-7-8-14-20(19)22(25,18-11-5-2-6-12-18)23(21)16-15-17-9-3-1-4-10-17/h1-14,25H,15-16H2/t22-/m0/s1. The minimum atomic E-state index is -1.43. The van der Waals surface area contributed by atoms with Crippen LogP contribution < -0.4 is 0 Å². The molecule has 0 saturated heterocycles. The lowest BCUT2D eigenvalue weighted by Gasteiger charge is -2.35. The maximum Gasteiger partial charge on any atom is 0.257 e. The van der Waals surface area contributed by atoms with Crippen molar-refractivity contribution in [2.75, 3.05) is 6.54 Å². The summed E-state index contributed by atoms with van der Waals surface area (Å²) in [5, 5.41) is 11.6. The molecule has 3 aromatic rings. The highest BCUT2D eigenvalue weighted by Crippen LogP contribution is 2.42. The van der Waals surface area contributed by atoms with E-state index in [2.05, 4.69) is 0 Å². The largest absolute Gasteiger partial charge is 0.363 e. The summed E-state index contributed by atoms with van der Waals surface area (Å²) in [6.45, 7) is 0.447. The molecule has 0 aromatic heterocycles. The number of amides is 1. The van der Waals surface area contributed by atoms with Gasteiger partial charge in [-0.15, -0.1) is 0 Å². The molecule has 0 saturated carbocycles. The molecule has 0 aliphatic carbocycles. The Balaban J connectivity index is 1.75. The van der Waals surface area contributed by atoms with Crippen molar-refractivity contribution < 1.29 is 9.90 Å². The Hall–Kier alpha value is -2.91. The molecular weight excluding hydrogens is 310 g/mol. The van der Waals surface area contributed by atoms with Gasteiger partial charge < -0.3 is 10.0 Å². The number of fused-ring (bicyclic) bond motifs is 1. The summed E-state index contributed by atoms with van der Waals surface area (Å²) < 4.78 is 0. The van der Waals surface area contributed by atoms with E-state index in [1.54, 1.807) is 11.0 Å². The molecule has 124 valence electrons. The van der Waals surface area contributed by atoms with Gasteiger partial charge in [-0.1, -0.05) is 78.9 Å². The molecule has 3 nitrogen and oxygen atoms in total. The summed E-state index contributed by atoms with van der Waals surface area (Å²) in [4.78, 5) is 14.6. The summed E-state index contributed by atoms with van der Waals surface area (Å²) >= 11 is 0. The Labute approximate surface area is 147 Å². The van der Waals surface area contributed by atoms with Gasteiger partial charge in [-0.3, -0.25) is 4.79 Å². The van der Waals surface area contributed by atoms with Crippen molar-refractivity contribution in [2.45, 2.75) is 12.1 Å². The quantitative estimate of drug-likeness (QED) is 0.795. The first-order chi connectivity index (χ1) is 12.2. The van der Waals surface area contributed by atoms with Crippen LogP contribution in [0.5, 0.6) is 0 Å². The molecule has 0 spiro atoms. The lowest BCUT2D eigenvalue weighted by atomic mass is 9.93. The van der Waals surface area contributed by atoms with Crippen LogP contribution in [0.3, 0.4) is 0 Å². The SMILES string of the molecule is O=C1c2ccccc2[C@@](O)(c2ccccc2)N1CCc1ccccc1. The van der Waals surface area contributed by atoms with E-state index in [1.165, 1.54) is 0 Å². The fraction of sp³-hybridized carbons (Fsp3) is 0.136. The molecule has 3 heteroatoms. The number of hydrogen-bond donors (Lipinski definition) is 1. The Bertz CT molecular complexity index is 892. The number of nitrogens with zero attached hydrogens (tertiary/aromatic N) is 1. The van der Waals surface area contributed by atoms with Crippen LogP contribution in [0.2, 0.25) is 0 Å². The Morgan fingerprint density at radius 1 is 0.800 bits per heavy atom. The summed E-state index contributed by atoms with van der Waals surface area (Å²) in [7, 11) is 0. The minimum absolute atomic E-state index is 0.127. The van der Waals surface area contributed by atoms with Gasteiger partial charge in [0.1, 0.15) is 0 Å². The van der Waals surface area contributed by atoms with Crippen molar-refractivity contribution in [3.63, 3.8) is 0 Å². The predicted octanol–water partition coefficient (Wildman–Crippen LogP) is 3.58. The zero-order valence-electron chi connectivity index (χ0n) is 13.8. The fourth-order valence-electron chi connectivity index (χ4n) is 3.54. The number of carbonyl (C=O) groups excluding carboxylic acids is 1. The third kappa shape index (κ3) is 2.53. The average molecular weight is 329 g/mol. The molecule has 1 heterocycles. The molecule has 1 N–H and O–H groups in total. The van der Waals surface area contributed by atoms with E-state index >= 15 is 0 Å². The number of carbonyl (C=O) groups is 1. The van der Waals surface area contributed by atoms with Gasteiger partial charge >= 0.3 is 0 Å². The van der Waals surface area contributed by atoms with Crippen LogP contribution in [0.1, 0.15) is 27.0 Å². The van der Waals surface area contributed by atoms with E-state index in [1.807, 2.05) is 78.9 Å². The molecule has 1 aliphatic rings. The van der Waals surface area contributed by atoms with E-state index in [0.29, 0.717) is 29.7 Å². The molecule has 1 atom stereocenters. The van der Waals surface area contributed by atoms with Gasteiger partial charge in [0.2, 0.25) is 0 Å². The normalized spacial score (nSPS) is 19.1. The molecular formula is C22H19NO2. The second kappa shape index (κ2) is 6.19. The highest BCUT2D eigenvalue weighted by atomic mass is 16.3. The van der Waals surface area contributed by atoms with Gasteiger partial charge in [0.15, 0.2) is 5.72 Å². The van der Waals surface area contributed by atoms with Crippen molar-refractivity contribution >= 4 is 5.91 Å². The van der Waals surface area contributed by atoms with Gasteiger partial charge in [-0.2, -0.15) is 0 Å². The van der Waals surface area contributed by atoms with Gasteiger partial charge in [-0.05, 0) is 18.1 Å². The smallest absolute Gasteiger partial charge is 0.257 e. The molecule has 4 rings (SSSR count). The average Bonchev–Trinajstić information content (AvgIpc) is 2.90. The number of rotatable bonds is 4. The predicted molar refractivity (Wildman–Crippen MR) is 97.1 cm³/mol. The highest BCUT2D eigenvalue weighted by Gasteiger charge is 2.49. The minimum Gasteiger partial charge on any atom is -0.363 e. The van der Waals surface area contributed by atoms with Gasteiger partial charge in [-0.25, -0.2) is 0 Å². The van der Waals surface area contributed by atoms with E-state index in [-0.39, 0.29) is 5.91 Å². The second-order valence-corrected chi connectivity index (χ2v) is 6.28. The van der Waals surface area contributed by atoms with Gasteiger partial charge in [0.05, 0.1) is 0 Å². The van der Waals surface area contributed by atoms with E-state index in [4.69, 9.17) is 0 Å².